The van der Waals surface area contributed by atoms with Crippen molar-refractivity contribution in [1.82, 2.24) is 5.32 Å². The number of nitrogens with zero attached hydrogens (tertiary/aromatic N) is 1. The number of allylic oxidation sites excluding steroid dienone is 1. The molecule has 0 saturated carbocycles. The van der Waals surface area contributed by atoms with Crippen LogP contribution in [0.15, 0.2) is 48.5 Å². The highest BCUT2D eigenvalue weighted by Gasteiger charge is 2.28. The summed E-state index contributed by atoms with van der Waals surface area (Å²) < 4.78 is 0. The van der Waals surface area contributed by atoms with E-state index in [0.717, 1.165) is 17.7 Å². The lowest BCUT2D eigenvalue weighted by Crippen LogP contribution is -2.43. The summed E-state index contributed by atoms with van der Waals surface area (Å²) in [6.45, 7) is 4.21. The van der Waals surface area contributed by atoms with Gasteiger partial charge in [-0.15, -0.1) is 0 Å². The zero-order valence-corrected chi connectivity index (χ0v) is 13.8. The van der Waals surface area contributed by atoms with E-state index in [4.69, 9.17) is 11.0 Å². The number of fused-ring (bicyclic) bond motifs is 1. The van der Waals surface area contributed by atoms with Crippen LogP contribution >= 0.6 is 0 Å². The molecule has 0 atom stereocenters. The highest BCUT2D eigenvalue weighted by atomic mass is 16.1. The molecule has 24 heavy (non-hydrogen) atoms. The van der Waals surface area contributed by atoms with E-state index in [0.29, 0.717) is 16.8 Å². The van der Waals surface area contributed by atoms with Crippen LogP contribution in [-0.2, 0) is 6.42 Å². The Bertz CT molecular complexity index is 871. The average molecular weight is 317 g/mol. The van der Waals surface area contributed by atoms with Crippen molar-refractivity contribution in [3.63, 3.8) is 0 Å². The Hall–Kier alpha value is -3.06. The molecule has 0 spiro atoms. The first-order valence-corrected chi connectivity index (χ1v) is 7.81. The van der Waals surface area contributed by atoms with Crippen molar-refractivity contribution in [2.24, 2.45) is 0 Å². The lowest BCUT2D eigenvalue weighted by atomic mass is 9.85. The van der Waals surface area contributed by atoms with Crippen LogP contribution < -0.4 is 11.1 Å². The Labute approximate surface area is 141 Å². The summed E-state index contributed by atoms with van der Waals surface area (Å²) in [6, 6.07) is 14.5. The second-order valence-electron chi connectivity index (χ2n) is 6.71. The molecular weight excluding hydrogens is 298 g/mol. The van der Waals surface area contributed by atoms with Crippen molar-refractivity contribution >= 4 is 17.2 Å². The zero-order chi connectivity index (χ0) is 17.3. The van der Waals surface area contributed by atoms with Crippen molar-refractivity contribution in [2.45, 2.75) is 25.8 Å². The van der Waals surface area contributed by atoms with E-state index in [1.54, 1.807) is 30.3 Å². The number of benzene rings is 2. The summed E-state index contributed by atoms with van der Waals surface area (Å²) in [5.41, 5.74) is 10.5. The number of anilines is 1. The third kappa shape index (κ3) is 3.16. The average Bonchev–Trinajstić information content (AvgIpc) is 2.55. The first kappa shape index (κ1) is 15.8. The molecule has 0 fully saturated rings. The van der Waals surface area contributed by atoms with Gasteiger partial charge in [-0.25, -0.2) is 0 Å². The van der Waals surface area contributed by atoms with Gasteiger partial charge in [0.25, 0.3) is 0 Å². The summed E-state index contributed by atoms with van der Waals surface area (Å²) >= 11 is 0. The van der Waals surface area contributed by atoms with Crippen LogP contribution in [0, 0.1) is 11.3 Å². The topological polar surface area (TPSA) is 78.9 Å². The zero-order valence-electron chi connectivity index (χ0n) is 13.8. The minimum absolute atomic E-state index is 0.104. The Morgan fingerprint density at radius 2 is 1.96 bits per heavy atom. The minimum Gasteiger partial charge on any atom is -0.399 e. The number of nitrogen functional groups attached to an aromatic ring is 1. The van der Waals surface area contributed by atoms with E-state index < -0.39 is 0 Å². The van der Waals surface area contributed by atoms with Crippen LogP contribution in [0.2, 0.25) is 0 Å². The van der Waals surface area contributed by atoms with Crippen molar-refractivity contribution < 1.29 is 4.79 Å². The maximum absolute atomic E-state index is 12.6. The van der Waals surface area contributed by atoms with E-state index in [-0.39, 0.29) is 11.3 Å². The van der Waals surface area contributed by atoms with Crippen LogP contribution in [-0.4, -0.2) is 11.3 Å². The number of carbonyl (C=O) groups excluding carboxylic acids is 1. The minimum atomic E-state index is -0.139. The van der Waals surface area contributed by atoms with Gasteiger partial charge in [0.2, 0.25) is 0 Å². The fourth-order valence-electron chi connectivity index (χ4n) is 2.99. The van der Waals surface area contributed by atoms with Crippen LogP contribution in [0.5, 0.6) is 0 Å². The first-order chi connectivity index (χ1) is 11.4. The molecule has 0 aromatic heterocycles. The van der Waals surface area contributed by atoms with Crippen molar-refractivity contribution in [3.8, 4) is 6.07 Å². The van der Waals surface area contributed by atoms with Crippen LogP contribution in [0.25, 0.3) is 5.70 Å². The Balaban J connectivity index is 2.00. The van der Waals surface area contributed by atoms with E-state index in [9.17, 15) is 4.79 Å². The second kappa shape index (κ2) is 5.86. The van der Waals surface area contributed by atoms with Gasteiger partial charge in [-0.05, 0) is 62.2 Å². The van der Waals surface area contributed by atoms with Gasteiger partial charge in [0.05, 0.1) is 11.6 Å². The number of carbonyl (C=O) groups is 1. The molecule has 1 aliphatic heterocycles. The molecule has 0 bridgehead atoms. The summed E-state index contributed by atoms with van der Waals surface area (Å²) in [6.07, 6.45) is 2.48. The Kier molecular flexibility index (Phi) is 3.86. The highest BCUT2D eigenvalue weighted by Crippen LogP contribution is 2.31. The van der Waals surface area contributed by atoms with Gasteiger partial charge < -0.3 is 11.1 Å². The molecule has 1 aliphatic rings. The molecule has 0 aliphatic carbocycles. The summed E-state index contributed by atoms with van der Waals surface area (Å²) in [5.74, 6) is -0.104. The highest BCUT2D eigenvalue weighted by molar-refractivity contribution is 6.08. The second-order valence-corrected chi connectivity index (χ2v) is 6.71. The predicted molar refractivity (Wildman–Crippen MR) is 95.2 cm³/mol. The molecule has 3 N–H and O–H groups in total. The lowest BCUT2D eigenvalue weighted by molar-refractivity contribution is 0.104. The number of hydrogen-bond acceptors (Lipinski definition) is 4. The Morgan fingerprint density at radius 3 is 2.62 bits per heavy atom. The molecule has 3 rings (SSSR count). The molecule has 2 aromatic carbocycles. The van der Waals surface area contributed by atoms with Gasteiger partial charge in [-0.3, -0.25) is 4.79 Å². The van der Waals surface area contributed by atoms with Gasteiger partial charge >= 0.3 is 0 Å². The van der Waals surface area contributed by atoms with Crippen LogP contribution in [0.3, 0.4) is 0 Å². The number of hydrogen-bond donors (Lipinski definition) is 2. The number of nitrogens with one attached hydrogen (secondary N) is 1. The van der Waals surface area contributed by atoms with E-state index >= 15 is 0 Å². The number of nitrogens with two attached hydrogens (primary N) is 1. The van der Waals surface area contributed by atoms with Gasteiger partial charge in [0.15, 0.2) is 5.78 Å². The maximum atomic E-state index is 12.6. The molecule has 1 heterocycles. The molecule has 0 amide bonds. The fourth-order valence-corrected chi connectivity index (χ4v) is 2.99. The standard InChI is InChI=1S/C20H19N3O/c1-20(2)11-15-7-8-16(22)9-17(15)18(23-20)10-19(24)14-5-3-13(12-21)4-6-14/h3-10,23H,11,22H2,1-2H3/b18-10-. The molecule has 0 radical (unpaired) electrons. The number of ketones is 1. The maximum Gasteiger partial charge on any atom is 0.187 e. The normalized spacial score (nSPS) is 16.8. The van der Waals surface area contributed by atoms with E-state index in [1.807, 2.05) is 18.2 Å². The SMILES string of the molecule is CC1(C)Cc2ccc(N)cc2/C(=C/C(=O)c2ccc(C#N)cc2)N1. The lowest BCUT2D eigenvalue weighted by Gasteiger charge is -2.35. The molecular formula is C20H19N3O. The third-order valence-electron chi connectivity index (χ3n) is 4.10. The van der Waals surface area contributed by atoms with Gasteiger partial charge in [0.1, 0.15) is 0 Å². The smallest absolute Gasteiger partial charge is 0.187 e. The molecule has 0 saturated heterocycles. The summed E-state index contributed by atoms with van der Waals surface area (Å²) in [5, 5.41) is 12.3. The monoisotopic (exact) mass is 317 g/mol. The number of rotatable bonds is 2. The van der Waals surface area contributed by atoms with Gasteiger partial charge in [-0.2, -0.15) is 5.26 Å². The number of nitriles is 1. The van der Waals surface area contributed by atoms with Gasteiger partial charge in [-0.1, -0.05) is 6.07 Å². The van der Waals surface area contributed by atoms with Crippen LogP contribution in [0.1, 0.15) is 40.9 Å². The molecule has 0 unspecified atom stereocenters. The molecule has 120 valence electrons. The Morgan fingerprint density at radius 1 is 1.25 bits per heavy atom. The van der Waals surface area contributed by atoms with Crippen LogP contribution in [0.4, 0.5) is 5.69 Å². The molecule has 4 nitrogen and oxygen atoms in total. The predicted octanol–water partition coefficient (Wildman–Crippen LogP) is 3.29. The first-order valence-electron chi connectivity index (χ1n) is 7.81. The van der Waals surface area contributed by atoms with Crippen molar-refractivity contribution in [3.05, 3.63) is 70.8 Å². The molecule has 2 aromatic rings. The fraction of sp³-hybridized carbons (Fsp3) is 0.200. The van der Waals surface area contributed by atoms with Crippen molar-refractivity contribution in [2.75, 3.05) is 5.73 Å². The largest absolute Gasteiger partial charge is 0.399 e. The van der Waals surface area contributed by atoms with E-state index in [2.05, 4.69) is 25.2 Å². The molecule has 4 heteroatoms. The van der Waals surface area contributed by atoms with Crippen molar-refractivity contribution in [1.29, 1.82) is 5.26 Å². The summed E-state index contributed by atoms with van der Waals surface area (Å²) in [4.78, 5) is 12.6. The van der Waals surface area contributed by atoms with Gasteiger partial charge in [0, 0.05) is 34.1 Å². The third-order valence-corrected chi connectivity index (χ3v) is 4.10. The summed E-state index contributed by atoms with van der Waals surface area (Å²) in [7, 11) is 0. The van der Waals surface area contributed by atoms with E-state index in [1.165, 1.54) is 5.56 Å². The quantitative estimate of drug-likeness (QED) is 0.506.